The Kier molecular flexibility index (Phi) is 2.72. The van der Waals surface area contributed by atoms with Crippen LogP contribution in [0.15, 0.2) is 16.1 Å². The Morgan fingerprint density at radius 2 is 2.00 bits per heavy atom. The van der Waals surface area contributed by atoms with E-state index in [0.717, 1.165) is 30.9 Å². The van der Waals surface area contributed by atoms with E-state index in [0.29, 0.717) is 23.7 Å². The van der Waals surface area contributed by atoms with Gasteiger partial charge in [0.25, 0.3) is 0 Å². The van der Waals surface area contributed by atoms with Crippen molar-refractivity contribution in [1.29, 1.82) is 0 Å². The van der Waals surface area contributed by atoms with Crippen LogP contribution in [0.5, 0.6) is 0 Å². The number of fused-ring (bicyclic) bond motifs is 1. The molecule has 0 aromatic carbocycles. The lowest BCUT2D eigenvalue weighted by Crippen LogP contribution is -2.19. The van der Waals surface area contributed by atoms with E-state index >= 15 is 0 Å². The van der Waals surface area contributed by atoms with Crippen LogP contribution < -0.4 is 0 Å². The summed E-state index contributed by atoms with van der Waals surface area (Å²) in [5.41, 5.74) is 4.75. The van der Waals surface area contributed by atoms with Gasteiger partial charge in [0.05, 0.1) is 6.04 Å². The van der Waals surface area contributed by atoms with E-state index in [1.807, 2.05) is 0 Å². The smallest absolute Gasteiger partial charge is 0.138 e. The van der Waals surface area contributed by atoms with Gasteiger partial charge in [0.2, 0.25) is 0 Å². The summed E-state index contributed by atoms with van der Waals surface area (Å²) in [6.45, 7) is 6.97. The van der Waals surface area contributed by atoms with Crippen LogP contribution in [0.2, 0.25) is 0 Å². The molecule has 2 atom stereocenters. The van der Waals surface area contributed by atoms with Crippen LogP contribution in [0.25, 0.3) is 0 Å². The van der Waals surface area contributed by atoms with E-state index in [-0.39, 0.29) is 0 Å². The van der Waals surface area contributed by atoms with Crippen molar-refractivity contribution in [2.45, 2.75) is 65.3 Å². The average molecular weight is 245 g/mol. The Bertz CT molecular complexity index is 456. The van der Waals surface area contributed by atoms with Gasteiger partial charge in [0.15, 0.2) is 0 Å². The third kappa shape index (κ3) is 1.86. The Balaban J connectivity index is 1.80. The van der Waals surface area contributed by atoms with Crippen LogP contribution in [0.1, 0.15) is 59.3 Å². The predicted molar refractivity (Wildman–Crippen MR) is 73.9 cm³/mol. The van der Waals surface area contributed by atoms with E-state index in [2.05, 4.69) is 20.8 Å². The van der Waals surface area contributed by atoms with Crippen LogP contribution in [-0.4, -0.2) is 17.5 Å². The first-order valence-electron chi connectivity index (χ1n) is 7.28. The maximum atomic E-state index is 11.5. The van der Waals surface area contributed by atoms with Crippen molar-refractivity contribution in [3.63, 3.8) is 0 Å². The number of ketones is 1. The van der Waals surface area contributed by atoms with Crippen molar-refractivity contribution >= 4 is 11.5 Å². The molecule has 0 N–H and O–H groups in total. The van der Waals surface area contributed by atoms with Gasteiger partial charge < -0.3 is 0 Å². The highest BCUT2D eigenvalue weighted by Gasteiger charge is 2.55. The molecule has 3 aliphatic rings. The largest absolute Gasteiger partial charge is 0.299 e. The van der Waals surface area contributed by atoms with Gasteiger partial charge in [-0.1, -0.05) is 19.4 Å². The van der Waals surface area contributed by atoms with Crippen LogP contribution in [0.3, 0.4) is 0 Å². The van der Waals surface area contributed by atoms with Crippen LogP contribution in [0.4, 0.5) is 0 Å². The lowest BCUT2D eigenvalue weighted by atomic mass is 9.93. The van der Waals surface area contributed by atoms with Crippen LogP contribution in [-0.2, 0) is 4.79 Å². The van der Waals surface area contributed by atoms with Crippen molar-refractivity contribution in [2.24, 2.45) is 16.3 Å². The molecule has 0 amide bonds. The molecule has 0 aromatic heterocycles. The lowest BCUT2D eigenvalue weighted by Gasteiger charge is -2.20. The maximum Gasteiger partial charge on any atom is 0.138 e. The molecule has 2 fully saturated rings. The lowest BCUT2D eigenvalue weighted by molar-refractivity contribution is -0.118. The Morgan fingerprint density at radius 1 is 1.22 bits per heavy atom. The van der Waals surface area contributed by atoms with E-state index < -0.39 is 0 Å². The molecular formula is C16H23NO. The number of carbonyl (C=O) groups excluding carboxylic acids is 1. The zero-order valence-corrected chi connectivity index (χ0v) is 11.8. The van der Waals surface area contributed by atoms with Crippen LogP contribution in [0, 0.1) is 11.3 Å². The molecule has 18 heavy (non-hydrogen) atoms. The standard InChI is InChI=1S/C16H23NO/c1-10-14(8-7-13-15(10)16(13,2)3)17-11-5-4-6-12(18)9-11/h13-14H,4-9H2,1-3H3/t13-,14+/m0/s1. The van der Waals surface area contributed by atoms with Crippen molar-refractivity contribution in [3.8, 4) is 0 Å². The third-order valence-electron chi connectivity index (χ3n) is 5.14. The zero-order valence-electron chi connectivity index (χ0n) is 11.8. The fraction of sp³-hybridized carbons (Fsp3) is 0.750. The molecular weight excluding hydrogens is 222 g/mol. The molecule has 2 saturated carbocycles. The number of hydrogen-bond acceptors (Lipinski definition) is 2. The molecule has 0 aliphatic heterocycles. The second-order valence-electron chi connectivity index (χ2n) is 6.73. The number of hydrogen-bond donors (Lipinski definition) is 0. The fourth-order valence-corrected chi connectivity index (χ4v) is 4.03. The van der Waals surface area contributed by atoms with Gasteiger partial charge >= 0.3 is 0 Å². The number of rotatable bonds is 1. The van der Waals surface area contributed by atoms with Crippen molar-refractivity contribution < 1.29 is 4.79 Å². The Hall–Kier alpha value is -0.920. The van der Waals surface area contributed by atoms with E-state index in [4.69, 9.17) is 4.99 Å². The summed E-state index contributed by atoms with van der Waals surface area (Å²) in [6, 6.07) is 0.374. The molecule has 0 aromatic rings. The van der Waals surface area contributed by atoms with Gasteiger partial charge in [-0.25, -0.2) is 0 Å². The number of Topliss-reactive ketones (excluding diaryl/α,β-unsaturated/α-hetero) is 1. The summed E-state index contributed by atoms with van der Waals surface area (Å²) in [5.74, 6) is 1.20. The quantitative estimate of drug-likeness (QED) is 0.648. The number of allylic oxidation sites excluding steroid dienone is 1. The number of nitrogens with zero attached hydrogens (tertiary/aromatic N) is 1. The van der Waals surface area contributed by atoms with Gasteiger partial charge in [-0.05, 0) is 49.5 Å². The van der Waals surface area contributed by atoms with Gasteiger partial charge in [0.1, 0.15) is 5.78 Å². The summed E-state index contributed by atoms with van der Waals surface area (Å²) in [6.07, 6.45) is 5.90. The predicted octanol–water partition coefficient (Wildman–Crippen LogP) is 3.71. The van der Waals surface area contributed by atoms with E-state index in [9.17, 15) is 4.79 Å². The van der Waals surface area contributed by atoms with Crippen molar-refractivity contribution in [3.05, 3.63) is 11.1 Å². The van der Waals surface area contributed by atoms with E-state index in [1.54, 1.807) is 5.57 Å². The maximum absolute atomic E-state index is 11.5. The highest BCUT2D eigenvalue weighted by molar-refractivity contribution is 6.04. The fourth-order valence-electron chi connectivity index (χ4n) is 4.03. The molecule has 0 bridgehead atoms. The first-order valence-corrected chi connectivity index (χ1v) is 7.28. The molecule has 0 unspecified atom stereocenters. The normalized spacial score (nSPS) is 36.8. The first-order chi connectivity index (χ1) is 8.50. The van der Waals surface area contributed by atoms with E-state index in [1.165, 1.54) is 18.4 Å². The summed E-state index contributed by atoms with van der Waals surface area (Å²) in [4.78, 5) is 16.4. The average Bonchev–Trinajstić information content (AvgIpc) is 2.86. The molecule has 2 nitrogen and oxygen atoms in total. The molecule has 0 spiro atoms. The minimum Gasteiger partial charge on any atom is -0.299 e. The third-order valence-corrected chi connectivity index (χ3v) is 5.14. The SMILES string of the molecule is CC1=C2[C@H](CC[C@H]1N=C1CCCC(=O)C1)C2(C)C. The minimum atomic E-state index is 0.374. The summed E-state index contributed by atoms with van der Waals surface area (Å²) < 4.78 is 0. The topological polar surface area (TPSA) is 29.4 Å². The molecule has 3 rings (SSSR count). The molecule has 98 valence electrons. The van der Waals surface area contributed by atoms with Crippen molar-refractivity contribution in [2.75, 3.05) is 0 Å². The molecule has 0 saturated heterocycles. The highest BCUT2D eigenvalue weighted by Crippen LogP contribution is 2.64. The summed E-state index contributed by atoms with van der Waals surface area (Å²) in [5, 5.41) is 0. The monoisotopic (exact) mass is 245 g/mol. The zero-order chi connectivity index (χ0) is 12.9. The minimum absolute atomic E-state index is 0.374. The Labute approximate surface area is 110 Å². The Morgan fingerprint density at radius 3 is 2.72 bits per heavy atom. The second kappa shape index (κ2) is 4.04. The van der Waals surface area contributed by atoms with Gasteiger partial charge in [0, 0.05) is 18.6 Å². The summed E-state index contributed by atoms with van der Waals surface area (Å²) >= 11 is 0. The van der Waals surface area contributed by atoms with Gasteiger partial charge in [-0.15, -0.1) is 0 Å². The first kappa shape index (κ1) is 12.1. The molecule has 3 aliphatic carbocycles. The number of aliphatic imine (C=N–C) groups is 1. The number of carbonyl (C=O) groups is 1. The van der Waals surface area contributed by atoms with Gasteiger partial charge in [-0.3, -0.25) is 9.79 Å². The molecule has 2 heteroatoms. The highest BCUT2D eigenvalue weighted by atomic mass is 16.1. The van der Waals surface area contributed by atoms with Gasteiger partial charge in [-0.2, -0.15) is 0 Å². The summed E-state index contributed by atoms with van der Waals surface area (Å²) in [7, 11) is 0. The second-order valence-corrected chi connectivity index (χ2v) is 6.73. The molecule has 0 radical (unpaired) electrons. The van der Waals surface area contributed by atoms with Crippen LogP contribution >= 0.6 is 0 Å². The molecule has 0 heterocycles. The van der Waals surface area contributed by atoms with Crippen molar-refractivity contribution in [1.82, 2.24) is 0 Å².